The predicted octanol–water partition coefficient (Wildman–Crippen LogP) is 2.65. The quantitative estimate of drug-likeness (QED) is 0.764. The van der Waals surface area contributed by atoms with Gasteiger partial charge in [-0.1, -0.05) is 30.3 Å². The second-order valence-corrected chi connectivity index (χ2v) is 8.16. The lowest BCUT2D eigenvalue weighted by atomic mass is 9.76. The van der Waals surface area contributed by atoms with Gasteiger partial charge >= 0.3 is 0 Å². The third-order valence-electron chi connectivity index (χ3n) is 6.53. The molecule has 1 aliphatic carbocycles. The van der Waals surface area contributed by atoms with Crippen LogP contribution in [0.25, 0.3) is 11.4 Å². The van der Waals surface area contributed by atoms with Gasteiger partial charge in [0.15, 0.2) is 0 Å². The van der Waals surface area contributed by atoms with E-state index in [0.717, 1.165) is 62.1 Å². The third kappa shape index (κ3) is 2.88. The Balaban J connectivity index is 1.41. The number of imidazole rings is 1. The second kappa shape index (κ2) is 6.71. The van der Waals surface area contributed by atoms with E-state index in [4.69, 9.17) is 4.98 Å². The second-order valence-electron chi connectivity index (χ2n) is 8.16. The Morgan fingerprint density at radius 1 is 1.14 bits per heavy atom. The summed E-state index contributed by atoms with van der Waals surface area (Å²) in [6.07, 6.45) is 7.80. The van der Waals surface area contributed by atoms with Gasteiger partial charge in [-0.3, -0.25) is 9.69 Å². The molecule has 1 N–H and O–H groups in total. The van der Waals surface area contributed by atoms with Crippen LogP contribution in [0.4, 0.5) is 0 Å². The van der Waals surface area contributed by atoms with Gasteiger partial charge in [0.2, 0.25) is 0 Å². The van der Waals surface area contributed by atoms with Gasteiger partial charge in [-0.2, -0.15) is 0 Å². The zero-order valence-corrected chi connectivity index (χ0v) is 16.2. The highest BCUT2D eigenvalue weighted by Gasteiger charge is 2.44. The van der Waals surface area contributed by atoms with E-state index in [2.05, 4.69) is 19.4 Å². The van der Waals surface area contributed by atoms with Gasteiger partial charge in [-0.25, -0.2) is 9.97 Å². The summed E-state index contributed by atoms with van der Waals surface area (Å²) in [5.74, 6) is 0.697. The lowest BCUT2D eigenvalue weighted by Crippen LogP contribution is -2.42. The lowest BCUT2D eigenvalue weighted by molar-refractivity contribution is 0.147. The number of rotatable bonds is 3. The molecule has 0 bridgehead atoms. The molecule has 6 heteroatoms. The van der Waals surface area contributed by atoms with Crippen molar-refractivity contribution in [1.82, 2.24) is 24.4 Å². The minimum atomic E-state index is 0.0399. The van der Waals surface area contributed by atoms with Crippen LogP contribution in [0, 0.1) is 0 Å². The van der Waals surface area contributed by atoms with Gasteiger partial charge in [0.25, 0.3) is 5.56 Å². The molecule has 28 heavy (non-hydrogen) atoms. The van der Waals surface area contributed by atoms with Crippen molar-refractivity contribution in [3.63, 3.8) is 0 Å². The molecule has 2 aliphatic rings. The van der Waals surface area contributed by atoms with Crippen molar-refractivity contribution in [1.29, 1.82) is 0 Å². The molecular formula is C22H25N5O. The molecule has 144 valence electrons. The van der Waals surface area contributed by atoms with Crippen molar-refractivity contribution in [3.8, 4) is 11.4 Å². The summed E-state index contributed by atoms with van der Waals surface area (Å²) in [5, 5.41) is 0. The molecular weight excluding hydrogens is 350 g/mol. The fourth-order valence-electron chi connectivity index (χ4n) is 4.78. The van der Waals surface area contributed by atoms with Gasteiger partial charge < -0.3 is 9.55 Å². The Bertz CT molecular complexity index is 1040. The van der Waals surface area contributed by atoms with E-state index in [1.165, 1.54) is 5.69 Å². The highest BCUT2D eigenvalue weighted by molar-refractivity contribution is 5.55. The highest BCUT2D eigenvalue weighted by Crippen LogP contribution is 2.44. The van der Waals surface area contributed by atoms with Crippen LogP contribution in [0.2, 0.25) is 0 Å². The summed E-state index contributed by atoms with van der Waals surface area (Å²) >= 11 is 0. The summed E-state index contributed by atoms with van der Waals surface area (Å²) in [7, 11) is 2.04. The van der Waals surface area contributed by atoms with Gasteiger partial charge in [-0.05, 0) is 38.8 Å². The van der Waals surface area contributed by atoms with E-state index < -0.39 is 0 Å². The number of nitrogens with one attached hydrogen (secondary N) is 1. The summed E-state index contributed by atoms with van der Waals surface area (Å²) in [4.78, 5) is 27.4. The number of H-pyrrole nitrogens is 1. The Morgan fingerprint density at radius 2 is 1.93 bits per heavy atom. The molecule has 0 amide bonds. The van der Waals surface area contributed by atoms with Gasteiger partial charge in [0, 0.05) is 36.3 Å². The normalized spacial score (nSPS) is 18.5. The van der Waals surface area contributed by atoms with Gasteiger partial charge in [-0.15, -0.1) is 0 Å². The largest absolute Gasteiger partial charge is 0.337 e. The molecule has 3 heterocycles. The number of fused-ring (bicyclic) bond motifs is 2. The Hall–Kier alpha value is -2.73. The van der Waals surface area contributed by atoms with Crippen LogP contribution in [-0.4, -0.2) is 37.5 Å². The van der Waals surface area contributed by atoms with Crippen LogP contribution >= 0.6 is 0 Å². The molecule has 3 aromatic rings. The fraction of sp³-hybridized carbons (Fsp3) is 0.409. The Labute approximate surface area is 164 Å². The number of nitrogens with zero attached hydrogens (tertiary/aromatic N) is 4. The molecule has 1 saturated heterocycles. The van der Waals surface area contributed by atoms with Crippen molar-refractivity contribution < 1.29 is 0 Å². The van der Waals surface area contributed by atoms with E-state index in [0.29, 0.717) is 5.82 Å². The molecule has 0 unspecified atom stereocenters. The number of aryl methyl sites for hydroxylation is 1. The molecule has 6 nitrogen and oxygen atoms in total. The summed E-state index contributed by atoms with van der Waals surface area (Å²) in [6.45, 7) is 2.98. The number of benzene rings is 1. The lowest BCUT2D eigenvalue weighted by Gasteiger charge is -2.39. The molecule has 5 rings (SSSR count). The van der Waals surface area contributed by atoms with E-state index >= 15 is 0 Å². The molecule has 0 saturated carbocycles. The highest BCUT2D eigenvalue weighted by atomic mass is 16.1. The van der Waals surface area contributed by atoms with Crippen molar-refractivity contribution in [2.45, 2.75) is 37.6 Å². The molecule has 1 aliphatic heterocycles. The average molecular weight is 375 g/mol. The van der Waals surface area contributed by atoms with Crippen LogP contribution in [-0.2, 0) is 25.4 Å². The van der Waals surface area contributed by atoms with Crippen LogP contribution in [0.1, 0.15) is 36.2 Å². The number of hydrogen-bond donors (Lipinski definition) is 1. The first kappa shape index (κ1) is 17.4. The van der Waals surface area contributed by atoms with Crippen molar-refractivity contribution in [3.05, 3.63) is 70.2 Å². The first-order valence-electron chi connectivity index (χ1n) is 10.0. The van der Waals surface area contributed by atoms with Crippen LogP contribution in [0.3, 0.4) is 0 Å². The summed E-state index contributed by atoms with van der Waals surface area (Å²) in [6, 6.07) is 9.95. The zero-order chi connectivity index (χ0) is 19.1. The van der Waals surface area contributed by atoms with Crippen molar-refractivity contribution in [2.75, 3.05) is 13.1 Å². The maximum Gasteiger partial charge on any atom is 0.254 e. The third-order valence-corrected chi connectivity index (χ3v) is 6.53. The van der Waals surface area contributed by atoms with E-state index in [-0.39, 0.29) is 11.0 Å². The summed E-state index contributed by atoms with van der Waals surface area (Å²) in [5.41, 5.74) is 4.26. The average Bonchev–Trinajstić information content (AvgIpc) is 3.29. The Kier molecular flexibility index (Phi) is 4.16. The first-order chi connectivity index (χ1) is 13.6. The van der Waals surface area contributed by atoms with Gasteiger partial charge in [0.05, 0.1) is 17.7 Å². The molecule has 0 atom stereocenters. The standard InChI is InChI=1S/C22H25N5O/c1-26-15-23-13-17(26)14-27-11-9-22(10-12-27)8-7-18-19(22)24-20(25-21(18)28)16-5-3-2-4-6-16/h2-6,13,15H,7-12,14H2,1H3,(H,24,25,28). The van der Waals surface area contributed by atoms with E-state index in [1.807, 2.05) is 49.9 Å². The number of hydrogen-bond acceptors (Lipinski definition) is 4. The van der Waals surface area contributed by atoms with Crippen molar-refractivity contribution in [2.24, 2.45) is 7.05 Å². The molecule has 1 spiro atoms. The molecule has 0 radical (unpaired) electrons. The SMILES string of the molecule is Cn1cncc1CN1CCC2(CCc3c2nc(-c2ccccc2)[nH]c3=O)CC1. The Morgan fingerprint density at radius 3 is 2.64 bits per heavy atom. The first-order valence-corrected chi connectivity index (χ1v) is 10.0. The van der Waals surface area contributed by atoms with E-state index in [9.17, 15) is 4.79 Å². The fourth-order valence-corrected chi connectivity index (χ4v) is 4.78. The number of aromatic amines is 1. The number of aromatic nitrogens is 4. The minimum absolute atomic E-state index is 0.0399. The van der Waals surface area contributed by atoms with E-state index in [1.54, 1.807) is 0 Å². The molecule has 2 aromatic heterocycles. The van der Waals surface area contributed by atoms with Gasteiger partial charge in [0.1, 0.15) is 5.82 Å². The minimum Gasteiger partial charge on any atom is -0.337 e. The van der Waals surface area contributed by atoms with Crippen LogP contribution in [0.15, 0.2) is 47.7 Å². The zero-order valence-electron chi connectivity index (χ0n) is 16.2. The number of piperidine rings is 1. The molecule has 1 fully saturated rings. The number of likely N-dealkylation sites (tertiary alicyclic amines) is 1. The van der Waals surface area contributed by atoms with Crippen molar-refractivity contribution >= 4 is 0 Å². The molecule has 1 aromatic carbocycles. The van der Waals surface area contributed by atoms with Crippen LogP contribution < -0.4 is 5.56 Å². The maximum absolute atomic E-state index is 12.7. The monoisotopic (exact) mass is 375 g/mol. The maximum atomic E-state index is 12.7. The predicted molar refractivity (Wildman–Crippen MR) is 108 cm³/mol. The van der Waals surface area contributed by atoms with Crippen LogP contribution in [0.5, 0.6) is 0 Å². The summed E-state index contributed by atoms with van der Waals surface area (Å²) < 4.78 is 2.09. The smallest absolute Gasteiger partial charge is 0.254 e. The topological polar surface area (TPSA) is 66.8 Å².